The number of amides is 2. The number of benzene rings is 1. The van der Waals surface area contributed by atoms with Crippen LogP contribution in [0.25, 0.3) is 22.5 Å². The first kappa shape index (κ1) is 29.6. The lowest BCUT2D eigenvalue weighted by atomic mass is 9.93. The molecule has 4 atom stereocenters. The van der Waals surface area contributed by atoms with Crippen LogP contribution in [0.4, 0.5) is 10.1 Å². The van der Waals surface area contributed by atoms with Crippen molar-refractivity contribution < 1.29 is 14.0 Å². The van der Waals surface area contributed by atoms with Gasteiger partial charge in [-0.2, -0.15) is 5.10 Å². The van der Waals surface area contributed by atoms with Crippen LogP contribution in [0.3, 0.4) is 0 Å². The molecule has 3 aromatic heterocycles. The first-order valence-electron chi connectivity index (χ1n) is 15.0. The lowest BCUT2D eigenvalue weighted by Gasteiger charge is -2.34. The van der Waals surface area contributed by atoms with Crippen molar-refractivity contribution >= 4 is 46.3 Å². The summed E-state index contributed by atoms with van der Waals surface area (Å²) >= 11 is 12.4. The molecule has 4 aromatic rings. The number of alkyl halides is 1. The predicted octanol–water partition coefficient (Wildman–Crippen LogP) is 6.62. The van der Waals surface area contributed by atoms with E-state index in [9.17, 15) is 14.0 Å². The Morgan fingerprint density at radius 2 is 1.96 bits per heavy atom. The number of hydrogen-bond acceptors (Lipinski definition) is 6. The summed E-state index contributed by atoms with van der Waals surface area (Å²) in [6.07, 6.45) is 9.44. The molecule has 3 aliphatic rings. The topological polar surface area (TPSA) is 111 Å². The molecule has 45 heavy (non-hydrogen) atoms. The van der Waals surface area contributed by atoms with E-state index in [4.69, 9.17) is 28.2 Å². The maximum atomic E-state index is 14.9. The number of carbonyl (C=O) groups is 2. The average Bonchev–Trinajstić information content (AvgIpc) is 3.30. The summed E-state index contributed by atoms with van der Waals surface area (Å²) in [5, 5.41) is 16.3. The minimum atomic E-state index is -1.37. The third kappa shape index (κ3) is 5.63. The normalized spacial score (nSPS) is 25.1. The Hall–Kier alpha value is -4.09. The minimum Gasteiger partial charge on any atom is -0.330 e. The number of pyridine rings is 1. The molecule has 0 spiro atoms. The summed E-state index contributed by atoms with van der Waals surface area (Å²) in [7, 11) is 0. The molecule has 2 unspecified atom stereocenters. The van der Waals surface area contributed by atoms with E-state index in [1.165, 1.54) is 0 Å². The van der Waals surface area contributed by atoms with Crippen LogP contribution in [-0.4, -0.2) is 58.7 Å². The van der Waals surface area contributed by atoms with Crippen molar-refractivity contribution in [1.29, 1.82) is 0 Å². The second-order valence-corrected chi connectivity index (χ2v) is 13.1. The van der Waals surface area contributed by atoms with Crippen LogP contribution in [-0.2, 0) is 9.59 Å². The van der Waals surface area contributed by atoms with E-state index in [0.29, 0.717) is 60.7 Å². The third-order valence-electron chi connectivity index (χ3n) is 9.03. The van der Waals surface area contributed by atoms with Crippen LogP contribution in [0, 0.1) is 5.92 Å². The van der Waals surface area contributed by atoms with Crippen molar-refractivity contribution in [1.82, 2.24) is 34.7 Å². The first-order valence-corrected chi connectivity index (χ1v) is 15.8. The highest BCUT2D eigenvalue weighted by Crippen LogP contribution is 2.53. The van der Waals surface area contributed by atoms with Crippen LogP contribution >= 0.6 is 23.2 Å². The molecule has 10 nitrogen and oxygen atoms in total. The van der Waals surface area contributed by atoms with E-state index >= 15 is 0 Å². The number of halogens is 3. The fraction of sp³-hybridized carbons (Fsp3) is 0.375. The molecule has 1 aromatic carbocycles. The van der Waals surface area contributed by atoms with Crippen LogP contribution in [0.1, 0.15) is 69.3 Å². The number of anilines is 1. The smallest absolute Gasteiger partial charge is 0.247 e. The van der Waals surface area contributed by atoms with E-state index in [1.807, 2.05) is 36.1 Å². The molecule has 1 saturated carbocycles. The summed E-state index contributed by atoms with van der Waals surface area (Å²) in [6, 6.07) is 8.42. The van der Waals surface area contributed by atoms with Gasteiger partial charge in [0.15, 0.2) is 5.15 Å². The molecular weight excluding hydrogens is 618 g/mol. The van der Waals surface area contributed by atoms with Crippen molar-refractivity contribution in [2.75, 3.05) is 11.9 Å². The number of nitrogens with one attached hydrogen (secondary N) is 1. The minimum absolute atomic E-state index is 0.117. The number of rotatable bonds is 4. The molecular formula is C32H31Cl2FN8O2. The largest absolute Gasteiger partial charge is 0.330 e. The summed E-state index contributed by atoms with van der Waals surface area (Å²) in [4.78, 5) is 33.6. The van der Waals surface area contributed by atoms with Gasteiger partial charge < -0.3 is 10.2 Å². The summed E-state index contributed by atoms with van der Waals surface area (Å²) < 4.78 is 18.1. The summed E-state index contributed by atoms with van der Waals surface area (Å²) in [5.74, 6) is -0.533. The van der Waals surface area contributed by atoms with Gasteiger partial charge in [-0.3, -0.25) is 19.3 Å². The zero-order chi connectivity index (χ0) is 31.5. The molecule has 2 amide bonds. The molecule has 5 heterocycles. The van der Waals surface area contributed by atoms with Gasteiger partial charge in [0.1, 0.15) is 5.67 Å². The standard InChI is InChI=1S/C32H31Cl2FN8O2/c1-18-4-3-5-26(23-12-20(8-10-36-23)30-24(38-31(18)45)16-37-43(30)27-15-32(27,2)35)41-11-9-19(13-29(41)44)22-14-21(33)6-7-25(22)42-17-28(34)39-40-42/h6-8,10,12-14,16-18,26-27H,3-5,9,11,15H2,1-2H3,(H,38,45)/t18-,26+,27?,32?/m1/s1. The van der Waals surface area contributed by atoms with Crippen LogP contribution in [0.5, 0.6) is 0 Å². The summed E-state index contributed by atoms with van der Waals surface area (Å²) in [5.41, 5.74) is 3.61. The molecule has 13 heteroatoms. The molecule has 1 fully saturated rings. The fourth-order valence-corrected chi connectivity index (χ4v) is 6.69. The number of carbonyl (C=O) groups excluding carboxylic acids is 2. The van der Waals surface area contributed by atoms with Gasteiger partial charge in [0, 0.05) is 47.3 Å². The van der Waals surface area contributed by atoms with E-state index in [0.717, 1.165) is 22.4 Å². The lowest BCUT2D eigenvalue weighted by molar-refractivity contribution is -0.129. The molecule has 0 radical (unpaired) electrons. The van der Waals surface area contributed by atoms with Gasteiger partial charge in [-0.05, 0) is 62.1 Å². The second kappa shape index (κ2) is 11.4. The Bertz CT molecular complexity index is 1850. The van der Waals surface area contributed by atoms with Crippen molar-refractivity contribution in [3.05, 3.63) is 76.4 Å². The molecule has 232 valence electrons. The van der Waals surface area contributed by atoms with E-state index < -0.39 is 11.7 Å². The van der Waals surface area contributed by atoms with Gasteiger partial charge >= 0.3 is 0 Å². The van der Waals surface area contributed by atoms with Gasteiger partial charge in [0.05, 0.1) is 47.2 Å². The molecule has 0 saturated heterocycles. The molecule has 2 bridgehead atoms. The first-order chi connectivity index (χ1) is 21.6. The highest BCUT2D eigenvalue weighted by Gasteiger charge is 2.54. The molecule has 7 rings (SSSR count). The maximum absolute atomic E-state index is 14.9. The Labute approximate surface area is 269 Å². The van der Waals surface area contributed by atoms with E-state index in [1.54, 1.807) is 47.0 Å². The van der Waals surface area contributed by atoms with E-state index in [2.05, 4.69) is 20.7 Å². The summed E-state index contributed by atoms with van der Waals surface area (Å²) in [6.45, 7) is 3.91. The zero-order valence-electron chi connectivity index (χ0n) is 24.8. The molecule has 1 aliphatic carbocycles. The van der Waals surface area contributed by atoms with Gasteiger partial charge in [-0.25, -0.2) is 9.07 Å². The molecule has 1 N–H and O–H groups in total. The second-order valence-electron chi connectivity index (χ2n) is 12.3. The monoisotopic (exact) mass is 648 g/mol. The Kier molecular flexibility index (Phi) is 7.48. The zero-order valence-corrected chi connectivity index (χ0v) is 26.3. The van der Waals surface area contributed by atoms with Crippen molar-refractivity contribution in [2.45, 2.75) is 63.7 Å². The Morgan fingerprint density at radius 1 is 1.13 bits per heavy atom. The van der Waals surface area contributed by atoms with Crippen molar-refractivity contribution in [3.63, 3.8) is 0 Å². The third-order valence-corrected chi connectivity index (χ3v) is 9.44. The van der Waals surface area contributed by atoms with Crippen LogP contribution < -0.4 is 5.32 Å². The average molecular weight is 650 g/mol. The van der Waals surface area contributed by atoms with Crippen LogP contribution in [0.15, 0.2) is 55.0 Å². The highest BCUT2D eigenvalue weighted by atomic mass is 35.5. The predicted molar refractivity (Wildman–Crippen MR) is 169 cm³/mol. The molecule has 2 aliphatic heterocycles. The lowest BCUT2D eigenvalue weighted by Crippen LogP contribution is -2.38. The Balaban J connectivity index is 1.25. The van der Waals surface area contributed by atoms with Crippen molar-refractivity contribution in [2.24, 2.45) is 5.92 Å². The SMILES string of the molecule is C[C@@H]1CCC[C@H](N2CCC(c3cc(Cl)ccc3-n3cc(Cl)nn3)=CC2=O)c2cc(ccn2)-c2c(cnn2C2CC2(C)F)NC1=O. The van der Waals surface area contributed by atoms with Crippen molar-refractivity contribution in [3.8, 4) is 16.9 Å². The number of fused-ring (bicyclic) bond motifs is 4. The van der Waals surface area contributed by atoms with Gasteiger partial charge in [0.2, 0.25) is 11.8 Å². The van der Waals surface area contributed by atoms with Gasteiger partial charge in [0.25, 0.3) is 0 Å². The number of nitrogens with zero attached hydrogens (tertiary/aromatic N) is 7. The van der Waals surface area contributed by atoms with E-state index in [-0.39, 0.29) is 28.9 Å². The quantitative estimate of drug-likeness (QED) is 0.266. The Morgan fingerprint density at radius 3 is 2.69 bits per heavy atom. The van der Waals surface area contributed by atoms with Crippen LogP contribution in [0.2, 0.25) is 10.2 Å². The highest BCUT2D eigenvalue weighted by molar-refractivity contribution is 6.31. The fourth-order valence-electron chi connectivity index (χ4n) is 6.39. The number of aromatic nitrogens is 6. The number of hydrogen-bond donors (Lipinski definition) is 1. The van der Waals surface area contributed by atoms with Gasteiger partial charge in [-0.1, -0.05) is 41.8 Å². The maximum Gasteiger partial charge on any atom is 0.247 e. The van der Waals surface area contributed by atoms with Gasteiger partial charge in [-0.15, -0.1) is 5.10 Å².